The second-order valence-corrected chi connectivity index (χ2v) is 6.24. The van der Waals surface area contributed by atoms with Crippen molar-refractivity contribution in [3.63, 3.8) is 0 Å². The quantitative estimate of drug-likeness (QED) is 0.676. The fourth-order valence-corrected chi connectivity index (χ4v) is 3.22. The third-order valence-corrected chi connectivity index (χ3v) is 4.42. The van der Waals surface area contributed by atoms with E-state index in [1.807, 2.05) is 6.07 Å². The monoisotopic (exact) mass is 318 g/mol. The number of hydrogen-bond acceptors (Lipinski definition) is 2. The van der Waals surface area contributed by atoms with Crippen LogP contribution in [-0.2, 0) is 11.2 Å². The molecule has 5 nitrogen and oxygen atoms in total. The van der Waals surface area contributed by atoms with Crippen LogP contribution < -0.4 is 10.6 Å². The number of carboxylic acids is 1. The SMILES string of the molecule is O=C(O)CCCNC(=O)NC1CCCCC1Cc1ccccc1. The molecule has 2 atom stereocenters. The standard InChI is InChI=1S/C18H26N2O3/c21-17(22)11-6-12-19-18(23)20-16-10-5-4-9-15(16)13-14-7-2-1-3-8-14/h1-3,7-8,15-16H,4-6,9-13H2,(H,21,22)(H2,19,20,23). The van der Waals surface area contributed by atoms with Gasteiger partial charge in [-0.1, -0.05) is 43.2 Å². The summed E-state index contributed by atoms with van der Waals surface area (Å²) < 4.78 is 0. The van der Waals surface area contributed by atoms with Crippen LogP contribution in [0.15, 0.2) is 30.3 Å². The minimum absolute atomic E-state index is 0.0837. The van der Waals surface area contributed by atoms with E-state index < -0.39 is 5.97 Å². The van der Waals surface area contributed by atoms with Crippen molar-refractivity contribution in [2.75, 3.05) is 6.54 Å². The van der Waals surface area contributed by atoms with Crippen LogP contribution >= 0.6 is 0 Å². The van der Waals surface area contributed by atoms with Crippen molar-refractivity contribution >= 4 is 12.0 Å². The van der Waals surface area contributed by atoms with Gasteiger partial charge in [0.25, 0.3) is 0 Å². The van der Waals surface area contributed by atoms with Crippen molar-refractivity contribution < 1.29 is 14.7 Å². The van der Waals surface area contributed by atoms with Crippen LogP contribution in [-0.4, -0.2) is 29.7 Å². The van der Waals surface area contributed by atoms with E-state index >= 15 is 0 Å². The zero-order valence-corrected chi connectivity index (χ0v) is 13.5. The lowest BCUT2D eigenvalue weighted by molar-refractivity contribution is -0.137. The maximum atomic E-state index is 12.0. The Kier molecular flexibility index (Phi) is 6.91. The molecular weight excluding hydrogens is 292 g/mol. The molecule has 2 amide bonds. The normalized spacial score (nSPS) is 20.7. The lowest BCUT2D eigenvalue weighted by atomic mass is 9.81. The molecule has 5 heteroatoms. The molecule has 2 rings (SSSR count). The van der Waals surface area contributed by atoms with Crippen LogP contribution in [0.5, 0.6) is 0 Å². The molecule has 1 aromatic rings. The Morgan fingerprint density at radius 1 is 1.13 bits per heavy atom. The highest BCUT2D eigenvalue weighted by Crippen LogP contribution is 2.27. The molecular formula is C18H26N2O3. The molecule has 0 heterocycles. The first-order valence-electron chi connectivity index (χ1n) is 8.45. The van der Waals surface area contributed by atoms with E-state index in [1.165, 1.54) is 12.0 Å². The van der Waals surface area contributed by atoms with E-state index in [2.05, 4.69) is 34.9 Å². The molecule has 0 aromatic heterocycles. The third kappa shape index (κ3) is 6.30. The highest BCUT2D eigenvalue weighted by Gasteiger charge is 2.26. The second kappa shape index (κ2) is 9.18. The molecule has 1 aliphatic rings. The number of benzene rings is 1. The molecule has 0 saturated heterocycles. The third-order valence-electron chi connectivity index (χ3n) is 4.42. The lowest BCUT2D eigenvalue weighted by Crippen LogP contribution is -2.47. The van der Waals surface area contributed by atoms with E-state index in [9.17, 15) is 9.59 Å². The number of carboxylic acid groups (broad SMARTS) is 1. The first kappa shape index (κ1) is 17.3. The number of urea groups is 1. The molecule has 126 valence electrons. The molecule has 0 radical (unpaired) electrons. The summed E-state index contributed by atoms with van der Waals surface area (Å²) in [7, 11) is 0. The summed E-state index contributed by atoms with van der Waals surface area (Å²) >= 11 is 0. The predicted molar refractivity (Wildman–Crippen MR) is 89.3 cm³/mol. The number of aliphatic carboxylic acids is 1. The summed E-state index contributed by atoms with van der Waals surface area (Å²) in [5.41, 5.74) is 1.31. The topological polar surface area (TPSA) is 78.4 Å². The fourth-order valence-electron chi connectivity index (χ4n) is 3.22. The van der Waals surface area contributed by atoms with Gasteiger partial charge in [-0.25, -0.2) is 4.79 Å². The summed E-state index contributed by atoms with van der Waals surface area (Å²) in [6.07, 6.45) is 6.05. The smallest absolute Gasteiger partial charge is 0.315 e. The van der Waals surface area contributed by atoms with Crippen LogP contribution in [0.25, 0.3) is 0 Å². The van der Waals surface area contributed by atoms with Gasteiger partial charge < -0.3 is 15.7 Å². The second-order valence-electron chi connectivity index (χ2n) is 6.24. The van der Waals surface area contributed by atoms with Crippen LogP contribution in [0.3, 0.4) is 0 Å². The first-order valence-corrected chi connectivity index (χ1v) is 8.45. The Balaban J connectivity index is 1.79. The van der Waals surface area contributed by atoms with Crippen molar-refractivity contribution in [3.05, 3.63) is 35.9 Å². The van der Waals surface area contributed by atoms with E-state index in [1.54, 1.807) is 0 Å². The predicted octanol–water partition coefficient (Wildman–Crippen LogP) is 2.95. The Bertz CT molecular complexity index is 504. The van der Waals surface area contributed by atoms with Gasteiger partial charge >= 0.3 is 12.0 Å². The maximum Gasteiger partial charge on any atom is 0.315 e. The van der Waals surface area contributed by atoms with Gasteiger partial charge in [0, 0.05) is 19.0 Å². The maximum absolute atomic E-state index is 12.0. The van der Waals surface area contributed by atoms with Crippen molar-refractivity contribution in [3.8, 4) is 0 Å². The highest BCUT2D eigenvalue weighted by molar-refractivity contribution is 5.74. The highest BCUT2D eigenvalue weighted by atomic mass is 16.4. The molecule has 1 aliphatic carbocycles. The summed E-state index contributed by atoms with van der Waals surface area (Å²) in [6, 6.07) is 10.4. The van der Waals surface area contributed by atoms with Gasteiger partial charge in [-0.3, -0.25) is 4.79 Å². The fraction of sp³-hybridized carbons (Fsp3) is 0.556. The number of rotatable bonds is 7. The molecule has 1 aromatic carbocycles. The minimum Gasteiger partial charge on any atom is -0.481 e. The molecule has 0 spiro atoms. The average molecular weight is 318 g/mol. The zero-order valence-electron chi connectivity index (χ0n) is 13.5. The zero-order chi connectivity index (χ0) is 16.5. The van der Waals surface area contributed by atoms with Gasteiger partial charge in [-0.2, -0.15) is 0 Å². The number of carbonyl (C=O) groups is 2. The van der Waals surface area contributed by atoms with E-state index in [4.69, 9.17) is 5.11 Å². The van der Waals surface area contributed by atoms with Crippen molar-refractivity contribution in [1.82, 2.24) is 10.6 Å². The molecule has 1 saturated carbocycles. The van der Waals surface area contributed by atoms with Gasteiger partial charge in [0.15, 0.2) is 0 Å². The Morgan fingerprint density at radius 3 is 2.61 bits per heavy atom. The first-order chi connectivity index (χ1) is 11.1. The van der Waals surface area contributed by atoms with Crippen LogP contribution in [0, 0.1) is 5.92 Å². The molecule has 2 unspecified atom stereocenters. The Morgan fingerprint density at radius 2 is 1.87 bits per heavy atom. The minimum atomic E-state index is -0.831. The van der Waals surface area contributed by atoms with Gasteiger partial charge in [-0.05, 0) is 37.2 Å². The van der Waals surface area contributed by atoms with E-state index in [0.29, 0.717) is 18.9 Å². The summed E-state index contributed by atoms with van der Waals surface area (Å²) in [5.74, 6) is -0.363. The summed E-state index contributed by atoms with van der Waals surface area (Å²) in [6.45, 7) is 0.397. The van der Waals surface area contributed by atoms with Gasteiger partial charge in [-0.15, -0.1) is 0 Å². The summed E-state index contributed by atoms with van der Waals surface area (Å²) in [5, 5.41) is 14.4. The number of carbonyl (C=O) groups excluding carboxylic acids is 1. The van der Waals surface area contributed by atoms with Gasteiger partial charge in [0.1, 0.15) is 0 Å². The largest absolute Gasteiger partial charge is 0.481 e. The molecule has 0 aliphatic heterocycles. The van der Waals surface area contributed by atoms with E-state index in [-0.39, 0.29) is 18.5 Å². The average Bonchev–Trinajstić information content (AvgIpc) is 2.54. The molecule has 3 N–H and O–H groups in total. The van der Waals surface area contributed by atoms with Crippen LogP contribution in [0.2, 0.25) is 0 Å². The van der Waals surface area contributed by atoms with Crippen LogP contribution in [0.4, 0.5) is 4.79 Å². The summed E-state index contributed by atoms with van der Waals surface area (Å²) in [4.78, 5) is 22.4. The van der Waals surface area contributed by atoms with Crippen molar-refractivity contribution in [2.24, 2.45) is 5.92 Å². The Labute approximate surface area is 137 Å². The number of nitrogens with one attached hydrogen (secondary N) is 2. The molecule has 0 bridgehead atoms. The van der Waals surface area contributed by atoms with Gasteiger partial charge in [0.05, 0.1) is 0 Å². The van der Waals surface area contributed by atoms with Gasteiger partial charge in [0.2, 0.25) is 0 Å². The Hall–Kier alpha value is -2.04. The number of hydrogen-bond donors (Lipinski definition) is 3. The lowest BCUT2D eigenvalue weighted by Gasteiger charge is -2.32. The van der Waals surface area contributed by atoms with Crippen LogP contribution in [0.1, 0.15) is 44.1 Å². The van der Waals surface area contributed by atoms with Crippen molar-refractivity contribution in [2.45, 2.75) is 51.0 Å². The van der Waals surface area contributed by atoms with E-state index in [0.717, 1.165) is 25.7 Å². The number of amides is 2. The molecule has 1 fully saturated rings. The van der Waals surface area contributed by atoms with Crippen molar-refractivity contribution in [1.29, 1.82) is 0 Å². The molecule has 23 heavy (non-hydrogen) atoms.